The number of carboxylic acid groups (broad SMARTS) is 1. The summed E-state index contributed by atoms with van der Waals surface area (Å²) in [6.45, 7) is -2.06. The molecule has 2 N–H and O–H groups in total. The van der Waals surface area contributed by atoms with Crippen molar-refractivity contribution in [1.82, 2.24) is 0 Å². The van der Waals surface area contributed by atoms with Crippen molar-refractivity contribution in [2.45, 2.75) is 18.9 Å². The second-order valence-corrected chi connectivity index (χ2v) is 6.18. The van der Waals surface area contributed by atoms with Crippen LogP contribution in [0.2, 0.25) is 0 Å². The maximum absolute atomic E-state index is 13.3. The van der Waals surface area contributed by atoms with Crippen LogP contribution >= 0.6 is 0 Å². The molecule has 1 heterocycles. The predicted octanol–water partition coefficient (Wildman–Crippen LogP) is 5.70. The molecule has 0 spiro atoms. The van der Waals surface area contributed by atoms with Crippen molar-refractivity contribution >= 4 is 22.6 Å². The average Bonchev–Trinajstić information content (AvgIpc) is 3.02. The molecular weight excluding hydrogens is 420 g/mol. The van der Waals surface area contributed by atoms with E-state index in [9.17, 15) is 36.2 Å². The second-order valence-electron chi connectivity index (χ2n) is 6.18. The third-order valence-electron chi connectivity index (χ3n) is 4.04. The molecule has 0 fully saturated rings. The summed E-state index contributed by atoms with van der Waals surface area (Å²) >= 11 is 0. The Balaban J connectivity index is 1.88. The predicted molar refractivity (Wildman–Crippen MR) is 93.5 cm³/mol. The number of ether oxygens (including phenoxy) is 1. The zero-order valence-electron chi connectivity index (χ0n) is 14.9. The Morgan fingerprint density at radius 3 is 2.40 bits per heavy atom. The van der Waals surface area contributed by atoms with E-state index in [1.165, 1.54) is 0 Å². The van der Waals surface area contributed by atoms with E-state index in [1.54, 1.807) is 24.3 Å². The maximum Gasteiger partial charge on any atom is 0.422 e. The molecule has 3 rings (SSSR count). The molecule has 0 bridgehead atoms. The van der Waals surface area contributed by atoms with E-state index in [0.29, 0.717) is 17.0 Å². The van der Waals surface area contributed by atoms with Gasteiger partial charge in [0.05, 0.1) is 5.56 Å². The first kappa shape index (κ1) is 21.3. The molecule has 5 nitrogen and oxygen atoms in total. The number of aromatic carboxylic acids is 1. The van der Waals surface area contributed by atoms with Gasteiger partial charge in [0.2, 0.25) is 5.76 Å². The largest absolute Gasteiger partial charge is 0.483 e. The molecule has 3 aromatic rings. The van der Waals surface area contributed by atoms with Gasteiger partial charge in [-0.05, 0) is 24.3 Å². The van der Waals surface area contributed by atoms with Crippen molar-refractivity contribution in [2.75, 3.05) is 11.9 Å². The van der Waals surface area contributed by atoms with Crippen molar-refractivity contribution < 1.29 is 45.4 Å². The molecule has 160 valence electrons. The lowest BCUT2D eigenvalue weighted by Gasteiger charge is -2.17. The van der Waals surface area contributed by atoms with Gasteiger partial charge in [0.15, 0.2) is 6.61 Å². The average molecular weight is 433 g/mol. The number of hydrogen-bond donors (Lipinski definition) is 2. The van der Waals surface area contributed by atoms with Gasteiger partial charge in [-0.25, -0.2) is 4.79 Å². The Kier molecular flexibility index (Phi) is 5.55. The number of carbonyl (C=O) groups is 1. The van der Waals surface area contributed by atoms with Crippen LogP contribution in [0.25, 0.3) is 11.0 Å². The fourth-order valence-electron chi connectivity index (χ4n) is 2.78. The Morgan fingerprint density at radius 1 is 1.07 bits per heavy atom. The number of alkyl halides is 6. The molecule has 1 aromatic heterocycles. The maximum atomic E-state index is 13.3. The molecule has 0 aliphatic carbocycles. The Hall–Kier alpha value is -3.37. The molecule has 0 aliphatic heterocycles. The summed E-state index contributed by atoms with van der Waals surface area (Å²) in [5, 5.41) is 12.4. The van der Waals surface area contributed by atoms with Crippen LogP contribution in [0.3, 0.4) is 0 Å². The number of furan rings is 1. The summed E-state index contributed by atoms with van der Waals surface area (Å²) in [6.07, 6.45) is -9.76. The van der Waals surface area contributed by atoms with Gasteiger partial charge in [0.1, 0.15) is 11.3 Å². The highest BCUT2D eigenvalue weighted by molar-refractivity contribution is 5.95. The normalized spacial score (nSPS) is 12.2. The minimum atomic E-state index is -4.97. The SMILES string of the molecule is O=C(O)c1oc2ccccc2c1CNc1ccc(OCC(F)(F)F)c(C(F)(F)F)c1. The molecule has 0 radical (unpaired) electrons. The van der Waals surface area contributed by atoms with Crippen molar-refractivity contribution in [3.05, 3.63) is 59.4 Å². The number of rotatable bonds is 6. The standard InChI is InChI=1S/C19H13F6NO4/c20-18(21,22)9-29-15-6-5-10(7-13(15)19(23,24)25)26-8-12-11-3-1-2-4-14(11)30-16(12)17(27)28/h1-7,26H,8-9H2,(H,27,28). The molecule has 0 aliphatic rings. The quantitative estimate of drug-likeness (QED) is 0.488. The van der Waals surface area contributed by atoms with E-state index < -0.39 is 36.2 Å². The van der Waals surface area contributed by atoms with Crippen molar-refractivity contribution in [1.29, 1.82) is 0 Å². The molecule has 0 amide bonds. The first-order chi connectivity index (χ1) is 14.0. The molecule has 0 atom stereocenters. The van der Waals surface area contributed by atoms with E-state index in [-0.39, 0.29) is 23.6 Å². The number of anilines is 1. The van der Waals surface area contributed by atoms with Crippen molar-refractivity contribution in [3.63, 3.8) is 0 Å². The van der Waals surface area contributed by atoms with Gasteiger partial charge in [-0.3, -0.25) is 0 Å². The highest BCUT2D eigenvalue weighted by atomic mass is 19.4. The Morgan fingerprint density at radius 2 is 1.77 bits per heavy atom. The lowest BCUT2D eigenvalue weighted by atomic mass is 10.1. The van der Waals surface area contributed by atoms with E-state index >= 15 is 0 Å². The van der Waals surface area contributed by atoms with Crippen LogP contribution in [-0.4, -0.2) is 23.9 Å². The molecular formula is C19H13F6NO4. The zero-order valence-corrected chi connectivity index (χ0v) is 14.9. The Labute approximate surface area is 164 Å². The number of para-hydroxylation sites is 1. The van der Waals surface area contributed by atoms with Crippen LogP contribution < -0.4 is 10.1 Å². The minimum Gasteiger partial charge on any atom is -0.483 e. The topological polar surface area (TPSA) is 71.7 Å². The van der Waals surface area contributed by atoms with E-state index in [4.69, 9.17) is 4.42 Å². The summed E-state index contributed by atoms with van der Waals surface area (Å²) in [4.78, 5) is 11.4. The zero-order chi connectivity index (χ0) is 22.1. The number of benzene rings is 2. The second kappa shape index (κ2) is 7.81. The monoisotopic (exact) mass is 433 g/mol. The number of fused-ring (bicyclic) bond motifs is 1. The molecule has 0 saturated carbocycles. The van der Waals surface area contributed by atoms with Crippen molar-refractivity contribution in [3.8, 4) is 5.75 Å². The van der Waals surface area contributed by atoms with Crippen LogP contribution in [0.1, 0.15) is 21.7 Å². The summed E-state index contributed by atoms with van der Waals surface area (Å²) in [5.41, 5.74) is -0.988. The number of hydrogen-bond acceptors (Lipinski definition) is 4. The highest BCUT2D eigenvalue weighted by Gasteiger charge is 2.36. The van der Waals surface area contributed by atoms with Crippen LogP contribution in [0, 0.1) is 0 Å². The fourth-order valence-corrected chi connectivity index (χ4v) is 2.78. The molecule has 2 aromatic carbocycles. The summed E-state index contributed by atoms with van der Waals surface area (Å²) < 4.78 is 86.2. The van der Waals surface area contributed by atoms with Gasteiger partial charge in [0, 0.05) is 23.2 Å². The molecule has 0 saturated heterocycles. The Bertz CT molecular complexity index is 1070. The first-order valence-corrected chi connectivity index (χ1v) is 8.34. The van der Waals surface area contributed by atoms with Crippen LogP contribution in [0.15, 0.2) is 46.9 Å². The van der Waals surface area contributed by atoms with Gasteiger partial charge in [-0.1, -0.05) is 18.2 Å². The molecule has 0 unspecified atom stereocenters. The van der Waals surface area contributed by atoms with E-state index in [2.05, 4.69) is 10.1 Å². The van der Waals surface area contributed by atoms with Gasteiger partial charge in [0.25, 0.3) is 0 Å². The van der Waals surface area contributed by atoms with Gasteiger partial charge >= 0.3 is 18.3 Å². The number of halogens is 6. The third kappa shape index (κ3) is 4.78. The van der Waals surface area contributed by atoms with Crippen LogP contribution in [-0.2, 0) is 12.7 Å². The smallest absolute Gasteiger partial charge is 0.422 e. The fraction of sp³-hybridized carbons (Fsp3) is 0.211. The lowest BCUT2D eigenvalue weighted by molar-refractivity contribution is -0.158. The lowest BCUT2D eigenvalue weighted by Crippen LogP contribution is -2.21. The van der Waals surface area contributed by atoms with E-state index in [1.807, 2.05) is 0 Å². The van der Waals surface area contributed by atoms with Gasteiger partial charge < -0.3 is 19.6 Å². The van der Waals surface area contributed by atoms with E-state index in [0.717, 1.165) is 12.1 Å². The molecule has 11 heteroatoms. The number of carboxylic acids is 1. The first-order valence-electron chi connectivity index (χ1n) is 8.34. The van der Waals surface area contributed by atoms with Gasteiger partial charge in [-0.15, -0.1) is 0 Å². The van der Waals surface area contributed by atoms with Crippen LogP contribution in [0.5, 0.6) is 5.75 Å². The van der Waals surface area contributed by atoms with Crippen molar-refractivity contribution in [2.24, 2.45) is 0 Å². The third-order valence-corrected chi connectivity index (χ3v) is 4.04. The van der Waals surface area contributed by atoms with Crippen LogP contribution in [0.4, 0.5) is 32.0 Å². The summed E-state index contributed by atoms with van der Waals surface area (Å²) in [6, 6.07) is 8.86. The highest BCUT2D eigenvalue weighted by Crippen LogP contribution is 2.38. The molecule has 30 heavy (non-hydrogen) atoms. The summed E-state index contributed by atoms with van der Waals surface area (Å²) in [7, 11) is 0. The number of nitrogens with one attached hydrogen (secondary N) is 1. The summed E-state index contributed by atoms with van der Waals surface area (Å²) in [5.74, 6) is -2.69. The minimum absolute atomic E-state index is 0.0942. The van der Waals surface area contributed by atoms with Gasteiger partial charge in [-0.2, -0.15) is 26.3 Å².